The number of anilines is 1. The third kappa shape index (κ3) is 7.55. The van der Waals surface area contributed by atoms with Crippen LogP contribution in [0.4, 0.5) is 5.69 Å². The molecule has 2 amide bonds. The highest BCUT2D eigenvalue weighted by Gasteiger charge is 2.33. The summed E-state index contributed by atoms with van der Waals surface area (Å²) in [6.45, 7) is 7.01. The number of rotatable bonds is 12. The second kappa shape index (κ2) is 13.7. The summed E-state index contributed by atoms with van der Waals surface area (Å²) in [6, 6.07) is 18.9. The molecular weight excluding hydrogens is 550 g/mol. The number of nitrogens with zero attached hydrogens (tertiary/aromatic N) is 2. The molecule has 1 N–H and O–H groups in total. The van der Waals surface area contributed by atoms with Crippen LogP contribution < -0.4 is 14.4 Å². The number of amides is 2. The number of sulfonamides is 1. The number of carbonyl (C=O) groups excluding carboxylic acids is 2. The fourth-order valence-corrected chi connectivity index (χ4v) is 5.64. The van der Waals surface area contributed by atoms with Gasteiger partial charge in [-0.25, -0.2) is 8.42 Å². The van der Waals surface area contributed by atoms with Gasteiger partial charge in [0.1, 0.15) is 18.3 Å². The molecule has 10 heteroatoms. The van der Waals surface area contributed by atoms with Gasteiger partial charge in [0.25, 0.3) is 10.0 Å². The first kappa shape index (κ1) is 31.0. The van der Waals surface area contributed by atoms with Gasteiger partial charge in [-0.15, -0.1) is 0 Å². The van der Waals surface area contributed by atoms with Crippen molar-refractivity contribution in [2.45, 2.75) is 57.6 Å². The van der Waals surface area contributed by atoms with Crippen LogP contribution in [0.25, 0.3) is 0 Å². The molecule has 214 valence electrons. The number of halogens is 1. The zero-order valence-corrected chi connectivity index (χ0v) is 25.0. The molecule has 0 radical (unpaired) electrons. The summed E-state index contributed by atoms with van der Waals surface area (Å²) in [5.74, 6) is -0.356. The van der Waals surface area contributed by atoms with Crippen molar-refractivity contribution in [2.24, 2.45) is 0 Å². The van der Waals surface area contributed by atoms with Crippen LogP contribution in [0.3, 0.4) is 0 Å². The largest absolute Gasteiger partial charge is 0.497 e. The molecule has 3 aromatic carbocycles. The molecule has 0 aliphatic rings. The van der Waals surface area contributed by atoms with Crippen molar-refractivity contribution in [1.29, 1.82) is 0 Å². The molecule has 0 aliphatic carbocycles. The van der Waals surface area contributed by atoms with Crippen LogP contribution in [0.2, 0.25) is 5.02 Å². The molecule has 0 bridgehead atoms. The number of hydrogen-bond donors (Lipinski definition) is 1. The molecule has 0 unspecified atom stereocenters. The Labute approximate surface area is 241 Å². The van der Waals surface area contributed by atoms with E-state index >= 15 is 0 Å². The van der Waals surface area contributed by atoms with E-state index < -0.39 is 28.5 Å². The van der Waals surface area contributed by atoms with Crippen molar-refractivity contribution < 1.29 is 22.7 Å². The molecular formula is C30H36ClN3O5S. The quantitative estimate of drug-likeness (QED) is 0.316. The Morgan fingerprint density at radius 1 is 1.00 bits per heavy atom. The SMILES string of the molecule is CC[C@H](C)NC(=O)[C@H](C)N(Cc1ccccc1C)C(=O)CN(c1cccc(Cl)c1)S(=O)(=O)c1ccc(OC)cc1. The predicted molar refractivity (Wildman–Crippen MR) is 158 cm³/mol. The van der Waals surface area contributed by atoms with Gasteiger partial charge in [-0.2, -0.15) is 0 Å². The maximum atomic E-state index is 14.0. The van der Waals surface area contributed by atoms with Crippen LogP contribution in [0.5, 0.6) is 5.75 Å². The van der Waals surface area contributed by atoms with E-state index in [0.29, 0.717) is 10.8 Å². The number of benzene rings is 3. The summed E-state index contributed by atoms with van der Waals surface area (Å²) < 4.78 is 34.0. The van der Waals surface area contributed by atoms with E-state index in [9.17, 15) is 18.0 Å². The van der Waals surface area contributed by atoms with Crippen molar-refractivity contribution in [3.05, 3.63) is 88.9 Å². The van der Waals surface area contributed by atoms with E-state index in [0.717, 1.165) is 21.9 Å². The minimum absolute atomic E-state index is 0.0194. The first-order chi connectivity index (χ1) is 19.0. The molecule has 8 nitrogen and oxygen atoms in total. The summed E-state index contributed by atoms with van der Waals surface area (Å²) in [6.07, 6.45) is 0.729. The van der Waals surface area contributed by atoms with Crippen molar-refractivity contribution >= 4 is 39.1 Å². The van der Waals surface area contributed by atoms with Crippen LogP contribution in [0.15, 0.2) is 77.7 Å². The number of ether oxygens (including phenoxy) is 1. The van der Waals surface area contributed by atoms with Crippen LogP contribution in [0.1, 0.15) is 38.3 Å². The molecule has 0 saturated carbocycles. The lowest BCUT2D eigenvalue weighted by Gasteiger charge is -2.32. The minimum atomic E-state index is -4.20. The molecule has 0 saturated heterocycles. The van der Waals surface area contributed by atoms with Gasteiger partial charge in [0, 0.05) is 17.6 Å². The fourth-order valence-electron chi connectivity index (χ4n) is 4.05. The number of hydrogen-bond acceptors (Lipinski definition) is 5. The first-order valence-corrected chi connectivity index (χ1v) is 14.9. The standard InChI is InChI=1S/C30H36ClN3O5S/c1-6-22(3)32-30(36)23(4)33(19-24-11-8-7-10-21(24)2)29(35)20-34(26-13-9-12-25(31)18-26)40(37,38)28-16-14-27(39-5)15-17-28/h7-18,22-23H,6,19-20H2,1-5H3,(H,32,36)/t22-,23-/m0/s1. The molecule has 40 heavy (non-hydrogen) atoms. The van der Waals surface area contributed by atoms with Gasteiger partial charge in [0.2, 0.25) is 11.8 Å². The average molecular weight is 586 g/mol. The van der Waals surface area contributed by atoms with Gasteiger partial charge in [-0.3, -0.25) is 13.9 Å². The van der Waals surface area contributed by atoms with Crippen molar-refractivity contribution in [3.8, 4) is 5.75 Å². The second-order valence-electron chi connectivity index (χ2n) is 9.61. The fraction of sp³-hybridized carbons (Fsp3) is 0.333. The predicted octanol–water partition coefficient (Wildman–Crippen LogP) is 5.18. The summed E-state index contributed by atoms with van der Waals surface area (Å²) in [5.41, 5.74) is 2.03. The van der Waals surface area contributed by atoms with Crippen molar-refractivity contribution in [1.82, 2.24) is 10.2 Å². The van der Waals surface area contributed by atoms with Gasteiger partial charge in [-0.05, 0) is 80.8 Å². The Kier molecular flexibility index (Phi) is 10.6. The molecule has 2 atom stereocenters. The van der Waals surface area contributed by atoms with Gasteiger partial charge in [0.05, 0.1) is 17.7 Å². The van der Waals surface area contributed by atoms with Gasteiger partial charge >= 0.3 is 0 Å². The normalized spacial score (nSPS) is 12.8. The number of methoxy groups -OCH3 is 1. The van der Waals surface area contributed by atoms with Crippen molar-refractivity contribution in [3.63, 3.8) is 0 Å². The third-order valence-corrected chi connectivity index (χ3v) is 8.82. The lowest BCUT2D eigenvalue weighted by Crippen LogP contribution is -2.52. The van der Waals surface area contributed by atoms with E-state index in [2.05, 4.69) is 5.32 Å². The van der Waals surface area contributed by atoms with Crippen LogP contribution in [-0.2, 0) is 26.2 Å². The van der Waals surface area contributed by atoms with E-state index in [4.69, 9.17) is 16.3 Å². The third-order valence-electron chi connectivity index (χ3n) is 6.79. The highest BCUT2D eigenvalue weighted by Crippen LogP contribution is 2.28. The number of nitrogens with one attached hydrogen (secondary N) is 1. The maximum absolute atomic E-state index is 14.0. The Morgan fingerprint density at radius 3 is 2.27 bits per heavy atom. The van der Waals surface area contributed by atoms with Gasteiger partial charge in [0.15, 0.2) is 0 Å². The first-order valence-electron chi connectivity index (χ1n) is 13.0. The van der Waals surface area contributed by atoms with Crippen molar-refractivity contribution in [2.75, 3.05) is 18.0 Å². The van der Waals surface area contributed by atoms with E-state index in [1.54, 1.807) is 25.1 Å². The summed E-state index contributed by atoms with van der Waals surface area (Å²) >= 11 is 6.22. The highest BCUT2D eigenvalue weighted by molar-refractivity contribution is 7.92. The Hall–Kier alpha value is -3.56. The zero-order chi connectivity index (χ0) is 29.4. The monoisotopic (exact) mass is 585 g/mol. The minimum Gasteiger partial charge on any atom is -0.497 e. The van der Waals surface area contributed by atoms with Crippen LogP contribution in [0, 0.1) is 6.92 Å². The van der Waals surface area contributed by atoms with E-state index in [-0.39, 0.29) is 29.1 Å². The summed E-state index contributed by atoms with van der Waals surface area (Å²) in [5, 5.41) is 3.25. The molecule has 0 aliphatic heterocycles. The maximum Gasteiger partial charge on any atom is 0.264 e. The number of aryl methyl sites for hydroxylation is 1. The lowest BCUT2D eigenvalue weighted by molar-refractivity contribution is -0.139. The van der Waals surface area contributed by atoms with Gasteiger partial charge < -0.3 is 15.0 Å². The Bertz CT molecular complexity index is 1430. The molecule has 0 spiro atoms. The molecule has 0 fully saturated rings. The average Bonchev–Trinajstić information content (AvgIpc) is 2.94. The van der Waals surface area contributed by atoms with E-state index in [1.165, 1.54) is 42.3 Å². The molecule has 0 heterocycles. The zero-order valence-electron chi connectivity index (χ0n) is 23.4. The lowest BCUT2D eigenvalue weighted by atomic mass is 10.1. The van der Waals surface area contributed by atoms with Crippen LogP contribution >= 0.6 is 11.6 Å². The smallest absolute Gasteiger partial charge is 0.264 e. The highest BCUT2D eigenvalue weighted by atomic mass is 35.5. The second-order valence-corrected chi connectivity index (χ2v) is 11.9. The molecule has 3 aromatic rings. The summed E-state index contributed by atoms with van der Waals surface area (Å²) in [4.78, 5) is 28.5. The molecule has 3 rings (SSSR count). The Morgan fingerprint density at radius 2 is 1.68 bits per heavy atom. The number of carbonyl (C=O) groups is 2. The summed E-state index contributed by atoms with van der Waals surface area (Å²) in [7, 11) is -2.72. The van der Waals surface area contributed by atoms with Crippen LogP contribution in [-0.4, -0.2) is 50.9 Å². The van der Waals surface area contributed by atoms with E-state index in [1.807, 2.05) is 45.0 Å². The topological polar surface area (TPSA) is 96.0 Å². The molecule has 0 aromatic heterocycles. The Balaban J connectivity index is 2.04. The van der Waals surface area contributed by atoms with Gasteiger partial charge in [-0.1, -0.05) is 48.9 Å².